The fourth-order valence-electron chi connectivity index (χ4n) is 2.17. The van der Waals surface area contributed by atoms with Gasteiger partial charge in [0, 0.05) is 21.8 Å². The summed E-state index contributed by atoms with van der Waals surface area (Å²) < 4.78 is 11.9. The van der Waals surface area contributed by atoms with Crippen LogP contribution >= 0.6 is 22.6 Å². The van der Waals surface area contributed by atoms with E-state index in [1.54, 1.807) is 0 Å². The normalized spacial score (nSPS) is 19.5. The van der Waals surface area contributed by atoms with E-state index in [9.17, 15) is 0 Å². The van der Waals surface area contributed by atoms with Gasteiger partial charge in [-0.15, -0.1) is 0 Å². The lowest BCUT2D eigenvalue weighted by Gasteiger charge is -2.18. The number of nitrogens with two attached hydrogens (primary N) is 1. The van der Waals surface area contributed by atoms with Crippen LogP contribution in [0.3, 0.4) is 0 Å². The molecule has 1 aliphatic heterocycles. The third-order valence-electron chi connectivity index (χ3n) is 3.21. The third kappa shape index (κ3) is 2.74. The van der Waals surface area contributed by atoms with E-state index in [2.05, 4.69) is 32.7 Å². The number of rotatable bonds is 2. The van der Waals surface area contributed by atoms with Crippen LogP contribution < -0.4 is 5.73 Å². The zero-order valence-electron chi connectivity index (χ0n) is 10.3. The SMILES string of the molecule is Nc1ccc(I)cc1-c1nc(C2CCCOC2)no1. The molecule has 1 unspecified atom stereocenters. The second-order valence-corrected chi connectivity index (χ2v) is 5.85. The summed E-state index contributed by atoms with van der Waals surface area (Å²) in [4.78, 5) is 4.46. The van der Waals surface area contributed by atoms with Crippen LogP contribution in [-0.2, 0) is 4.74 Å². The third-order valence-corrected chi connectivity index (χ3v) is 3.88. The lowest BCUT2D eigenvalue weighted by atomic mass is 10.0. The number of hydrogen-bond acceptors (Lipinski definition) is 5. The van der Waals surface area contributed by atoms with E-state index in [1.807, 2.05) is 18.2 Å². The summed E-state index contributed by atoms with van der Waals surface area (Å²) >= 11 is 2.23. The molecule has 6 heteroatoms. The van der Waals surface area contributed by atoms with Gasteiger partial charge in [-0.3, -0.25) is 0 Å². The maximum Gasteiger partial charge on any atom is 0.260 e. The van der Waals surface area contributed by atoms with Crippen molar-refractivity contribution in [1.82, 2.24) is 10.1 Å². The minimum absolute atomic E-state index is 0.232. The Labute approximate surface area is 124 Å². The summed E-state index contributed by atoms with van der Waals surface area (Å²) in [5, 5.41) is 4.06. The quantitative estimate of drug-likeness (QED) is 0.649. The van der Waals surface area contributed by atoms with Crippen LogP contribution in [0.15, 0.2) is 22.7 Å². The van der Waals surface area contributed by atoms with Gasteiger partial charge in [-0.25, -0.2) is 0 Å². The Morgan fingerprint density at radius 3 is 3.05 bits per heavy atom. The molecule has 2 N–H and O–H groups in total. The molecule has 0 spiro atoms. The summed E-state index contributed by atoms with van der Waals surface area (Å²) in [5.74, 6) is 1.43. The Morgan fingerprint density at radius 1 is 1.37 bits per heavy atom. The molecule has 0 bridgehead atoms. The minimum Gasteiger partial charge on any atom is -0.398 e. The van der Waals surface area contributed by atoms with Crippen molar-refractivity contribution in [3.63, 3.8) is 0 Å². The first-order valence-electron chi connectivity index (χ1n) is 6.21. The Morgan fingerprint density at radius 2 is 2.26 bits per heavy atom. The molecule has 1 saturated heterocycles. The first-order chi connectivity index (χ1) is 9.24. The molecule has 100 valence electrons. The highest BCUT2D eigenvalue weighted by atomic mass is 127. The van der Waals surface area contributed by atoms with Gasteiger partial charge in [-0.05, 0) is 53.6 Å². The standard InChI is InChI=1S/C13H14IN3O2/c14-9-3-4-11(15)10(6-9)13-16-12(17-19-13)8-2-1-5-18-7-8/h3-4,6,8H,1-2,5,7,15H2. The molecule has 0 amide bonds. The molecule has 1 fully saturated rings. The number of hydrogen-bond donors (Lipinski definition) is 1. The molecule has 0 radical (unpaired) electrons. The summed E-state index contributed by atoms with van der Waals surface area (Å²) in [7, 11) is 0. The second kappa shape index (κ2) is 5.46. The predicted octanol–water partition coefficient (Wildman–Crippen LogP) is 2.82. The molecule has 2 heterocycles. The van der Waals surface area contributed by atoms with Crippen molar-refractivity contribution >= 4 is 28.3 Å². The van der Waals surface area contributed by atoms with Crippen LogP contribution in [0.2, 0.25) is 0 Å². The van der Waals surface area contributed by atoms with Gasteiger partial charge in [-0.1, -0.05) is 5.16 Å². The zero-order valence-corrected chi connectivity index (χ0v) is 12.5. The van der Waals surface area contributed by atoms with Gasteiger partial charge >= 0.3 is 0 Å². The molecule has 19 heavy (non-hydrogen) atoms. The maximum absolute atomic E-state index is 5.95. The Bertz CT molecular complexity index is 579. The van der Waals surface area contributed by atoms with Gasteiger partial charge in [0.1, 0.15) is 0 Å². The van der Waals surface area contributed by atoms with Gasteiger partial charge in [0.05, 0.1) is 12.2 Å². The van der Waals surface area contributed by atoms with Crippen LogP contribution in [-0.4, -0.2) is 23.4 Å². The Kier molecular flexibility index (Phi) is 3.69. The van der Waals surface area contributed by atoms with Crippen molar-refractivity contribution in [3.05, 3.63) is 27.6 Å². The van der Waals surface area contributed by atoms with Crippen molar-refractivity contribution in [3.8, 4) is 11.5 Å². The fourth-order valence-corrected chi connectivity index (χ4v) is 2.66. The first-order valence-corrected chi connectivity index (χ1v) is 7.28. The highest BCUT2D eigenvalue weighted by Gasteiger charge is 2.22. The molecule has 3 rings (SSSR count). The van der Waals surface area contributed by atoms with Crippen molar-refractivity contribution in [2.45, 2.75) is 18.8 Å². The number of ether oxygens (including phenoxy) is 1. The van der Waals surface area contributed by atoms with Gasteiger partial charge in [0.15, 0.2) is 5.82 Å². The molecule has 5 nitrogen and oxygen atoms in total. The molecule has 1 aromatic carbocycles. The molecule has 0 saturated carbocycles. The van der Waals surface area contributed by atoms with Crippen LogP contribution in [0.4, 0.5) is 5.69 Å². The number of benzene rings is 1. The molecular formula is C13H14IN3O2. The molecular weight excluding hydrogens is 357 g/mol. The number of nitrogens with zero attached hydrogens (tertiary/aromatic N) is 2. The highest BCUT2D eigenvalue weighted by molar-refractivity contribution is 14.1. The summed E-state index contributed by atoms with van der Waals surface area (Å²) in [6, 6.07) is 5.75. The van der Waals surface area contributed by atoms with Crippen molar-refractivity contribution in [1.29, 1.82) is 0 Å². The maximum atomic E-state index is 5.95. The second-order valence-electron chi connectivity index (χ2n) is 4.60. The number of halogens is 1. The van der Waals surface area contributed by atoms with E-state index in [1.165, 1.54) is 0 Å². The minimum atomic E-state index is 0.232. The van der Waals surface area contributed by atoms with E-state index in [0.29, 0.717) is 24.0 Å². The van der Waals surface area contributed by atoms with Crippen molar-refractivity contribution in [2.24, 2.45) is 0 Å². The highest BCUT2D eigenvalue weighted by Crippen LogP contribution is 2.29. The zero-order chi connectivity index (χ0) is 13.2. The van der Waals surface area contributed by atoms with Gasteiger partial charge in [-0.2, -0.15) is 4.98 Å². The number of aromatic nitrogens is 2. The fraction of sp³-hybridized carbons (Fsp3) is 0.385. The van der Waals surface area contributed by atoms with Gasteiger partial charge in [0.25, 0.3) is 5.89 Å². The average molecular weight is 371 g/mol. The average Bonchev–Trinajstić information content (AvgIpc) is 2.92. The van der Waals surface area contributed by atoms with Crippen LogP contribution in [0.25, 0.3) is 11.5 Å². The van der Waals surface area contributed by atoms with Crippen LogP contribution in [0.1, 0.15) is 24.6 Å². The van der Waals surface area contributed by atoms with E-state index in [-0.39, 0.29) is 5.92 Å². The van der Waals surface area contributed by atoms with Crippen molar-refractivity contribution in [2.75, 3.05) is 18.9 Å². The summed E-state index contributed by atoms with van der Waals surface area (Å²) in [6.07, 6.45) is 2.08. The first kappa shape index (κ1) is 12.9. The molecule has 0 aliphatic carbocycles. The predicted molar refractivity (Wildman–Crippen MR) is 79.7 cm³/mol. The molecule has 1 atom stereocenters. The van der Waals surface area contributed by atoms with E-state index in [0.717, 1.165) is 28.6 Å². The summed E-state index contributed by atoms with van der Waals surface area (Å²) in [5.41, 5.74) is 7.40. The molecule has 2 aromatic rings. The van der Waals surface area contributed by atoms with E-state index < -0.39 is 0 Å². The van der Waals surface area contributed by atoms with Crippen LogP contribution in [0, 0.1) is 3.57 Å². The van der Waals surface area contributed by atoms with E-state index in [4.69, 9.17) is 15.0 Å². The Balaban J connectivity index is 1.89. The largest absolute Gasteiger partial charge is 0.398 e. The smallest absolute Gasteiger partial charge is 0.260 e. The van der Waals surface area contributed by atoms with Crippen LogP contribution in [0.5, 0.6) is 0 Å². The summed E-state index contributed by atoms with van der Waals surface area (Å²) in [6.45, 7) is 1.49. The molecule has 1 aliphatic rings. The lowest BCUT2D eigenvalue weighted by molar-refractivity contribution is 0.0773. The topological polar surface area (TPSA) is 74.2 Å². The van der Waals surface area contributed by atoms with Crippen molar-refractivity contribution < 1.29 is 9.26 Å². The lowest BCUT2D eigenvalue weighted by Crippen LogP contribution is -2.16. The monoisotopic (exact) mass is 371 g/mol. The number of nitrogen functional groups attached to an aromatic ring is 1. The van der Waals surface area contributed by atoms with Gasteiger partial charge < -0.3 is 15.0 Å². The Hall–Kier alpha value is -1.15. The van der Waals surface area contributed by atoms with Gasteiger partial charge in [0.2, 0.25) is 0 Å². The van der Waals surface area contributed by atoms with E-state index >= 15 is 0 Å². The number of anilines is 1. The molecule has 1 aromatic heterocycles.